The lowest BCUT2D eigenvalue weighted by molar-refractivity contribution is 0.0681. The smallest absolute Gasteiger partial charge is 0.0174 e. The molecule has 0 radical (unpaired) electrons. The predicted octanol–water partition coefficient (Wildman–Crippen LogP) is 1.54. The topological polar surface area (TPSA) is 18.5 Å². The largest absolute Gasteiger partial charge is 0.314 e. The second kappa shape index (κ2) is 5.68. The Labute approximate surface area is 107 Å². The molecule has 0 bridgehead atoms. The summed E-state index contributed by atoms with van der Waals surface area (Å²) in [6.45, 7) is 11.1. The molecule has 0 saturated carbocycles. The van der Waals surface area contributed by atoms with Crippen molar-refractivity contribution in [3.8, 4) is 0 Å². The van der Waals surface area contributed by atoms with E-state index in [1.54, 1.807) is 0 Å². The maximum absolute atomic E-state index is 3.49. The van der Waals surface area contributed by atoms with Crippen LogP contribution in [0.1, 0.15) is 39.5 Å². The van der Waals surface area contributed by atoms with Gasteiger partial charge in [-0.05, 0) is 59.3 Å². The fraction of sp³-hybridized carbons (Fsp3) is 1.00. The first-order valence-corrected chi connectivity index (χ1v) is 7.32. The molecule has 0 spiro atoms. The zero-order chi connectivity index (χ0) is 12.3. The Bertz CT molecular complexity index is 226. The highest BCUT2D eigenvalue weighted by atomic mass is 15.2. The SMILES string of the molecule is CCN1CCC(N2CCC(C)(NC)CC2)CC1. The van der Waals surface area contributed by atoms with Crippen LogP contribution in [0.3, 0.4) is 0 Å². The highest BCUT2D eigenvalue weighted by Gasteiger charge is 2.32. The number of nitrogens with zero attached hydrogens (tertiary/aromatic N) is 2. The molecule has 2 fully saturated rings. The van der Waals surface area contributed by atoms with Gasteiger partial charge in [-0.25, -0.2) is 0 Å². The van der Waals surface area contributed by atoms with Crippen LogP contribution in [0.2, 0.25) is 0 Å². The molecule has 0 unspecified atom stereocenters. The average molecular weight is 239 g/mol. The number of nitrogens with one attached hydrogen (secondary N) is 1. The van der Waals surface area contributed by atoms with Gasteiger partial charge in [0.2, 0.25) is 0 Å². The molecule has 2 rings (SSSR count). The molecule has 0 aromatic rings. The normalized spacial score (nSPS) is 28.4. The van der Waals surface area contributed by atoms with E-state index in [0.717, 1.165) is 6.04 Å². The summed E-state index contributed by atoms with van der Waals surface area (Å²) >= 11 is 0. The molecule has 17 heavy (non-hydrogen) atoms. The summed E-state index contributed by atoms with van der Waals surface area (Å²) in [6, 6.07) is 0.860. The Morgan fingerprint density at radius 2 is 1.71 bits per heavy atom. The van der Waals surface area contributed by atoms with Crippen molar-refractivity contribution >= 4 is 0 Å². The second-order valence-corrected chi connectivity index (χ2v) is 6.01. The average Bonchev–Trinajstić information content (AvgIpc) is 2.40. The Morgan fingerprint density at radius 1 is 1.12 bits per heavy atom. The van der Waals surface area contributed by atoms with Gasteiger partial charge in [-0.1, -0.05) is 6.92 Å². The van der Waals surface area contributed by atoms with Crippen LogP contribution in [0.25, 0.3) is 0 Å². The minimum atomic E-state index is 0.390. The molecule has 0 aromatic heterocycles. The van der Waals surface area contributed by atoms with Gasteiger partial charge in [0.05, 0.1) is 0 Å². The van der Waals surface area contributed by atoms with Crippen LogP contribution in [-0.2, 0) is 0 Å². The monoisotopic (exact) mass is 239 g/mol. The summed E-state index contributed by atoms with van der Waals surface area (Å²) in [5.41, 5.74) is 0.390. The summed E-state index contributed by atoms with van der Waals surface area (Å²) in [4.78, 5) is 5.32. The minimum Gasteiger partial charge on any atom is -0.314 e. The number of likely N-dealkylation sites (tertiary alicyclic amines) is 2. The summed E-state index contributed by atoms with van der Waals surface area (Å²) in [7, 11) is 2.11. The molecule has 2 saturated heterocycles. The van der Waals surface area contributed by atoms with E-state index in [9.17, 15) is 0 Å². The van der Waals surface area contributed by atoms with Crippen LogP contribution >= 0.6 is 0 Å². The zero-order valence-electron chi connectivity index (χ0n) is 11.8. The van der Waals surface area contributed by atoms with Crippen molar-refractivity contribution in [1.29, 1.82) is 0 Å². The first-order valence-electron chi connectivity index (χ1n) is 7.32. The van der Waals surface area contributed by atoms with Crippen molar-refractivity contribution in [3.63, 3.8) is 0 Å². The van der Waals surface area contributed by atoms with Crippen molar-refractivity contribution in [2.75, 3.05) is 39.8 Å². The molecule has 3 nitrogen and oxygen atoms in total. The van der Waals surface area contributed by atoms with Gasteiger partial charge in [-0.15, -0.1) is 0 Å². The van der Waals surface area contributed by atoms with Gasteiger partial charge >= 0.3 is 0 Å². The van der Waals surface area contributed by atoms with Crippen molar-refractivity contribution in [3.05, 3.63) is 0 Å². The van der Waals surface area contributed by atoms with E-state index < -0.39 is 0 Å². The molecular formula is C14H29N3. The molecule has 0 amide bonds. The van der Waals surface area contributed by atoms with E-state index in [1.165, 1.54) is 58.4 Å². The fourth-order valence-corrected chi connectivity index (χ4v) is 3.23. The summed E-state index contributed by atoms with van der Waals surface area (Å²) in [5, 5.41) is 3.49. The molecule has 2 heterocycles. The Morgan fingerprint density at radius 3 is 2.18 bits per heavy atom. The molecular weight excluding hydrogens is 210 g/mol. The third kappa shape index (κ3) is 3.21. The summed E-state index contributed by atoms with van der Waals surface area (Å²) in [6.07, 6.45) is 5.36. The summed E-state index contributed by atoms with van der Waals surface area (Å²) < 4.78 is 0. The lowest BCUT2D eigenvalue weighted by Crippen LogP contribution is -2.54. The number of hydrogen-bond donors (Lipinski definition) is 1. The number of rotatable bonds is 3. The second-order valence-electron chi connectivity index (χ2n) is 6.01. The van der Waals surface area contributed by atoms with Gasteiger partial charge in [0.25, 0.3) is 0 Å². The molecule has 2 aliphatic heterocycles. The van der Waals surface area contributed by atoms with Crippen LogP contribution in [0.4, 0.5) is 0 Å². The Hall–Kier alpha value is -0.120. The van der Waals surface area contributed by atoms with Gasteiger partial charge in [0.15, 0.2) is 0 Å². The maximum Gasteiger partial charge on any atom is 0.0174 e. The predicted molar refractivity (Wildman–Crippen MR) is 73.4 cm³/mol. The standard InChI is InChI=1S/C14H29N3/c1-4-16-9-5-13(6-10-16)17-11-7-14(2,15-3)8-12-17/h13,15H,4-12H2,1-3H3. The molecule has 0 atom stereocenters. The summed E-state index contributed by atoms with van der Waals surface area (Å²) in [5.74, 6) is 0. The third-order valence-corrected chi connectivity index (χ3v) is 5.03. The van der Waals surface area contributed by atoms with E-state index >= 15 is 0 Å². The van der Waals surface area contributed by atoms with Gasteiger partial charge in [0.1, 0.15) is 0 Å². The van der Waals surface area contributed by atoms with E-state index in [0.29, 0.717) is 5.54 Å². The van der Waals surface area contributed by atoms with Crippen molar-refractivity contribution in [2.24, 2.45) is 0 Å². The molecule has 0 aromatic carbocycles. The molecule has 2 aliphatic rings. The van der Waals surface area contributed by atoms with E-state index in [-0.39, 0.29) is 0 Å². The first-order chi connectivity index (χ1) is 8.17. The highest BCUT2D eigenvalue weighted by molar-refractivity contribution is 4.91. The fourth-order valence-electron chi connectivity index (χ4n) is 3.23. The lowest BCUT2D eigenvalue weighted by Gasteiger charge is -2.45. The van der Waals surface area contributed by atoms with E-state index in [1.807, 2.05) is 0 Å². The molecule has 0 aliphatic carbocycles. The van der Waals surface area contributed by atoms with Crippen molar-refractivity contribution in [2.45, 2.75) is 51.1 Å². The first kappa shape index (κ1) is 13.3. The van der Waals surface area contributed by atoms with Crippen LogP contribution in [-0.4, -0.2) is 61.2 Å². The molecule has 3 heteroatoms. The van der Waals surface area contributed by atoms with Crippen molar-refractivity contribution < 1.29 is 0 Å². The highest BCUT2D eigenvalue weighted by Crippen LogP contribution is 2.25. The van der Waals surface area contributed by atoms with Crippen molar-refractivity contribution in [1.82, 2.24) is 15.1 Å². The Balaban J connectivity index is 1.78. The number of piperidine rings is 2. The van der Waals surface area contributed by atoms with Crippen LogP contribution in [0.5, 0.6) is 0 Å². The van der Waals surface area contributed by atoms with E-state index in [4.69, 9.17) is 0 Å². The number of hydrogen-bond acceptors (Lipinski definition) is 3. The minimum absolute atomic E-state index is 0.390. The van der Waals surface area contributed by atoms with Gasteiger partial charge in [-0.3, -0.25) is 0 Å². The van der Waals surface area contributed by atoms with Gasteiger partial charge in [-0.2, -0.15) is 0 Å². The Kier molecular flexibility index (Phi) is 4.45. The zero-order valence-corrected chi connectivity index (χ0v) is 11.8. The van der Waals surface area contributed by atoms with Gasteiger partial charge < -0.3 is 15.1 Å². The van der Waals surface area contributed by atoms with Crippen LogP contribution in [0, 0.1) is 0 Å². The quantitative estimate of drug-likeness (QED) is 0.806. The van der Waals surface area contributed by atoms with E-state index in [2.05, 4.69) is 36.0 Å². The van der Waals surface area contributed by atoms with Gasteiger partial charge in [0, 0.05) is 24.7 Å². The lowest BCUT2D eigenvalue weighted by atomic mass is 9.88. The molecule has 100 valence electrons. The van der Waals surface area contributed by atoms with Crippen LogP contribution in [0.15, 0.2) is 0 Å². The molecule has 1 N–H and O–H groups in total. The third-order valence-electron chi connectivity index (χ3n) is 5.03. The van der Waals surface area contributed by atoms with Crippen LogP contribution < -0.4 is 5.32 Å². The maximum atomic E-state index is 3.49.